The number of aryl methyl sites for hydroxylation is 1. The molecule has 0 saturated heterocycles. The topological polar surface area (TPSA) is 54.2 Å². The number of hydrogen-bond donors (Lipinski definition) is 2. The summed E-state index contributed by atoms with van der Waals surface area (Å²) in [6, 6.07) is 1.94. The Morgan fingerprint density at radius 2 is 2.05 bits per heavy atom. The van der Waals surface area contributed by atoms with Crippen molar-refractivity contribution in [3.05, 3.63) is 18.5 Å². The lowest BCUT2D eigenvalue weighted by Gasteiger charge is -2.11. The van der Waals surface area contributed by atoms with Gasteiger partial charge in [-0.05, 0) is 30.9 Å². The zero-order valence-corrected chi connectivity index (χ0v) is 14.8. The van der Waals surface area contributed by atoms with Crippen molar-refractivity contribution in [2.75, 3.05) is 32.1 Å². The molecule has 0 radical (unpaired) electrons. The van der Waals surface area contributed by atoms with Gasteiger partial charge in [-0.1, -0.05) is 0 Å². The molecule has 1 rings (SSSR count). The van der Waals surface area contributed by atoms with Gasteiger partial charge in [-0.15, -0.1) is 24.0 Å². The summed E-state index contributed by atoms with van der Waals surface area (Å²) in [5.41, 5.74) is 0. The van der Waals surface area contributed by atoms with E-state index in [1.807, 2.05) is 28.7 Å². The summed E-state index contributed by atoms with van der Waals surface area (Å²) in [4.78, 5) is 4.19. The van der Waals surface area contributed by atoms with E-state index in [0.29, 0.717) is 0 Å². The van der Waals surface area contributed by atoms with E-state index < -0.39 is 0 Å². The molecule has 19 heavy (non-hydrogen) atoms. The Bertz CT molecular complexity index is 329. The first-order chi connectivity index (χ1) is 8.86. The minimum atomic E-state index is 0. The summed E-state index contributed by atoms with van der Waals surface area (Å²) in [7, 11) is 1.80. The molecule has 0 aliphatic heterocycles. The lowest BCUT2D eigenvalue weighted by Crippen LogP contribution is -2.38. The fraction of sp³-hybridized carbons (Fsp3) is 0.667. The number of aromatic nitrogens is 2. The second-order valence-corrected chi connectivity index (χ2v) is 4.88. The number of aliphatic imine (C=N–C) groups is 1. The van der Waals surface area contributed by atoms with Crippen molar-refractivity contribution in [2.24, 2.45) is 4.99 Å². The lowest BCUT2D eigenvalue weighted by atomic mass is 10.4. The standard InChI is InChI=1S/C12H23N5S.HI/c1-13-12(15-7-5-11-18-2)14-6-3-9-17-10-4-8-16-17;/h4,8,10H,3,5-7,9,11H2,1-2H3,(H2,13,14,15);1H. The molecule has 0 fully saturated rings. The summed E-state index contributed by atoms with van der Waals surface area (Å²) in [5.74, 6) is 2.07. The maximum atomic E-state index is 4.19. The van der Waals surface area contributed by atoms with Crippen LogP contribution in [-0.2, 0) is 6.54 Å². The van der Waals surface area contributed by atoms with Crippen molar-refractivity contribution in [2.45, 2.75) is 19.4 Å². The molecule has 0 aliphatic rings. The van der Waals surface area contributed by atoms with Gasteiger partial charge in [0.15, 0.2) is 5.96 Å². The van der Waals surface area contributed by atoms with Crippen LogP contribution in [0.15, 0.2) is 23.5 Å². The minimum Gasteiger partial charge on any atom is -0.356 e. The molecule has 0 unspecified atom stereocenters. The second-order valence-electron chi connectivity index (χ2n) is 3.89. The monoisotopic (exact) mass is 397 g/mol. The highest BCUT2D eigenvalue weighted by Crippen LogP contribution is 1.93. The molecule has 2 N–H and O–H groups in total. The van der Waals surface area contributed by atoms with Crippen molar-refractivity contribution in [3.63, 3.8) is 0 Å². The molecule has 110 valence electrons. The van der Waals surface area contributed by atoms with E-state index in [-0.39, 0.29) is 24.0 Å². The van der Waals surface area contributed by atoms with Crippen LogP contribution >= 0.6 is 35.7 Å². The van der Waals surface area contributed by atoms with Gasteiger partial charge in [0.05, 0.1) is 0 Å². The van der Waals surface area contributed by atoms with Crippen LogP contribution in [0.3, 0.4) is 0 Å². The average molecular weight is 397 g/mol. The first-order valence-electron chi connectivity index (χ1n) is 6.27. The lowest BCUT2D eigenvalue weighted by molar-refractivity contribution is 0.570. The Balaban J connectivity index is 0.00000324. The van der Waals surface area contributed by atoms with Crippen LogP contribution in [0.1, 0.15) is 12.8 Å². The van der Waals surface area contributed by atoms with E-state index in [2.05, 4.69) is 27.0 Å². The Morgan fingerprint density at radius 3 is 2.63 bits per heavy atom. The van der Waals surface area contributed by atoms with Gasteiger partial charge in [0.1, 0.15) is 0 Å². The van der Waals surface area contributed by atoms with Gasteiger partial charge in [-0.2, -0.15) is 16.9 Å². The van der Waals surface area contributed by atoms with Gasteiger partial charge in [-0.3, -0.25) is 9.67 Å². The summed E-state index contributed by atoms with van der Waals surface area (Å²) in [6.07, 6.45) is 8.11. The molecule has 5 nitrogen and oxygen atoms in total. The number of nitrogens with zero attached hydrogens (tertiary/aromatic N) is 3. The van der Waals surface area contributed by atoms with E-state index in [1.165, 1.54) is 5.75 Å². The predicted molar refractivity (Wildman–Crippen MR) is 94.6 cm³/mol. The van der Waals surface area contributed by atoms with Gasteiger partial charge in [0.25, 0.3) is 0 Å². The van der Waals surface area contributed by atoms with Gasteiger partial charge in [0, 0.05) is 39.1 Å². The summed E-state index contributed by atoms with van der Waals surface area (Å²) in [5, 5.41) is 10.8. The molecule has 0 atom stereocenters. The summed E-state index contributed by atoms with van der Waals surface area (Å²) < 4.78 is 1.94. The molecule has 1 aromatic heterocycles. The molecule has 0 amide bonds. The van der Waals surface area contributed by atoms with Crippen molar-refractivity contribution in [1.82, 2.24) is 20.4 Å². The normalized spacial score (nSPS) is 10.9. The third-order valence-electron chi connectivity index (χ3n) is 2.46. The van der Waals surface area contributed by atoms with Crippen LogP contribution in [0.25, 0.3) is 0 Å². The fourth-order valence-corrected chi connectivity index (χ4v) is 1.96. The van der Waals surface area contributed by atoms with Crippen LogP contribution in [0, 0.1) is 0 Å². The van der Waals surface area contributed by atoms with Crippen molar-refractivity contribution >= 4 is 41.7 Å². The van der Waals surface area contributed by atoms with E-state index >= 15 is 0 Å². The zero-order valence-electron chi connectivity index (χ0n) is 11.6. The number of rotatable bonds is 8. The maximum Gasteiger partial charge on any atom is 0.190 e. The van der Waals surface area contributed by atoms with Crippen LogP contribution in [-0.4, -0.2) is 47.9 Å². The SMILES string of the molecule is CN=C(NCCCSC)NCCCn1cccn1.I. The van der Waals surface area contributed by atoms with Crippen molar-refractivity contribution in [1.29, 1.82) is 0 Å². The Kier molecular flexibility index (Phi) is 12.3. The Morgan fingerprint density at radius 1 is 1.32 bits per heavy atom. The molecule has 1 heterocycles. The maximum absolute atomic E-state index is 4.19. The predicted octanol–water partition coefficient (Wildman–Crippen LogP) is 1.81. The number of thioether (sulfide) groups is 1. The van der Waals surface area contributed by atoms with Crippen LogP contribution in [0.5, 0.6) is 0 Å². The summed E-state index contributed by atoms with van der Waals surface area (Å²) in [6.45, 7) is 2.81. The number of guanidine groups is 1. The van der Waals surface area contributed by atoms with Gasteiger partial charge >= 0.3 is 0 Å². The first-order valence-corrected chi connectivity index (χ1v) is 7.67. The molecule has 0 aliphatic carbocycles. The number of nitrogens with one attached hydrogen (secondary N) is 2. The van der Waals surface area contributed by atoms with Crippen LogP contribution in [0.4, 0.5) is 0 Å². The third-order valence-corrected chi connectivity index (χ3v) is 3.15. The second kappa shape index (κ2) is 12.6. The van der Waals surface area contributed by atoms with Gasteiger partial charge < -0.3 is 10.6 Å². The smallest absolute Gasteiger partial charge is 0.190 e. The van der Waals surface area contributed by atoms with E-state index in [1.54, 1.807) is 13.2 Å². The highest BCUT2D eigenvalue weighted by molar-refractivity contribution is 14.0. The van der Waals surface area contributed by atoms with Crippen molar-refractivity contribution < 1.29 is 0 Å². The molecule has 0 saturated carbocycles. The van der Waals surface area contributed by atoms with E-state index in [9.17, 15) is 0 Å². The van der Waals surface area contributed by atoms with Gasteiger partial charge in [0.2, 0.25) is 0 Å². The largest absolute Gasteiger partial charge is 0.356 e. The molecule has 0 spiro atoms. The minimum absolute atomic E-state index is 0. The first kappa shape index (κ1) is 18.6. The fourth-order valence-electron chi connectivity index (χ4n) is 1.52. The van der Waals surface area contributed by atoms with Crippen molar-refractivity contribution in [3.8, 4) is 0 Å². The highest BCUT2D eigenvalue weighted by Gasteiger charge is 1.96. The Hall–Kier alpha value is -0.440. The Labute approximate surface area is 137 Å². The third kappa shape index (κ3) is 9.15. The molecule has 0 aromatic carbocycles. The number of hydrogen-bond acceptors (Lipinski definition) is 3. The average Bonchev–Trinajstić information content (AvgIpc) is 2.90. The van der Waals surface area contributed by atoms with E-state index in [0.717, 1.165) is 38.4 Å². The molecular formula is C12H24IN5S. The molecule has 0 bridgehead atoms. The van der Waals surface area contributed by atoms with Gasteiger partial charge in [-0.25, -0.2) is 0 Å². The molecule has 7 heteroatoms. The quantitative estimate of drug-likeness (QED) is 0.304. The molecule has 1 aromatic rings. The highest BCUT2D eigenvalue weighted by atomic mass is 127. The van der Waals surface area contributed by atoms with Crippen LogP contribution in [0.2, 0.25) is 0 Å². The van der Waals surface area contributed by atoms with Crippen LogP contribution < -0.4 is 10.6 Å². The van der Waals surface area contributed by atoms with E-state index in [4.69, 9.17) is 0 Å². The summed E-state index contributed by atoms with van der Waals surface area (Å²) >= 11 is 1.87. The molecular weight excluding hydrogens is 373 g/mol. The number of halogens is 1. The zero-order chi connectivity index (χ0) is 13.1.